The van der Waals surface area contributed by atoms with Gasteiger partial charge in [0.05, 0.1) is 5.71 Å². The third-order valence-electron chi connectivity index (χ3n) is 3.61. The van der Waals surface area contributed by atoms with E-state index in [1.807, 2.05) is 49.4 Å². The van der Waals surface area contributed by atoms with Crippen molar-refractivity contribution in [2.45, 2.75) is 25.9 Å². The summed E-state index contributed by atoms with van der Waals surface area (Å²) in [6, 6.07) is 13.4. The minimum absolute atomic E-state index is 0.250. The number of amides is 1. The molecule has 1 aliphatic heterocycles. The van der Waals surface area contributed by atoms with Crippen LogP contribution in [0.4, 0.5) is 5.82 Å². The van der Waals surface area contributed by atoms with E-state index in [1.54, 1.807) is 13.1 Å². The molecule has 112 valence electrons. The molecule has 1 aromatic carbocycles. The van der Waals surface area contributed by atoms with Gasteiger partial charge in [0, 0.05) is 12.6 Å². The first-order valence-electron chi connectivity index (χ1n) is 7.11. The average molecular weight is 295 g/mol. The fourth-order valence-corrected chi connectivity index (χ4v) is 2.30. The summed E-state index contributed by atoms with van der Waals surface area (Å²) >= 11 is 0. The van der Waals surface area contributed by atoms with Crippen LogP contribution in [0, 0.1) is 6.92 Å². The molecule has 0 unspecified atom stereocenters. The highest BCUT2D eigenvalue weighted by molar-refractivity contribution is 6.07. The lowest BCUT2D eigenvalue weighted by molar-refractivity contribution is -0.135. The number of pyridine rings is 1. The van der Waals surface area contributed by atoms with Gasteiger partial charge < -0.3 is 10.2 Å². The Morgan fingerprint density at radius 2 is 2.05 bits per heavy atom. The number of nitrogens with one attached hydrogen (secondary N) is 1. The fourth-order valence-electron chi connectivity index (χ4n) is 2.30. The number of carbonyl (C=O) groups is 1. The van der Waals surface area contributed by atoms with E-state index in [4.69, 9.17) is 4.84 Å². The van der Waals surface area contributed by atoms with Gasteiger partial charge in [-0.25, -0.2) is 4.98 Å². The maximum absolute atomic E-state index is 12.5. The maximum Gasteiger partial charge on any atom is 0.272 e. The largest absolute Gasteiger partial charge is 0.379 e. The number of benzene rings is 1. The normalized spacial score (nSPS) is 20.2. The molecule has 0 saturated heterocycles. The van der Waals surface area contributed by atoms with Gasteiger partial charge in [-0.1, -0.05) is 35.5 Å². The second-order valence-corrected chi connectivity index (χ2v) is 5.58. The van der Waals surface area contributed by atoms with Crippen molar-refractivity contribution in [2.75, 3.05) is 5.32 Å². The van der Waals surface area contributed by atoms with Gasteiger partial charge in [0.25, 0.3) is 5.91 Å². The molecule has 0 fully saturated rings. The Bertz CT molecular complexity index is 728. The lowest BCUT2D eigenvalue weighted by Gasteiger charge is -2.20. The minimum Gasteiger partial charge on any atom is -0.379 e. The lowest BCUT2D eigenvalue weighted by Crippen LogP contribution is -2.40. The van der Waals surface area contributed by atoms with Crippen molar-refractivity contribution in [3.8, 4) is 0 Å². The SMILES string of the molecule is Cc1ccnc(NC(=O)[C@]2(C)CC(c3ccccc3)=NO2)c1. The number of nitrogens with zero attached hydrogens (tertiary/aromatic N) is 2. The Labute approximate surface area is 129 Å². The topological polar surface area (TPSA) is 63.6 Å². The molecule has 5 nitrogen and oxygen atoms in total. The van der Waals surface area contributed by atoms with E-state index < -0.39 is 5.60 Å². The van der Waals surface area contributed by atoms with Gasteiger partial charge in [-0.05, 0) is 37.1 Å². The third kappa shape index (κ3) is 2.83. The van der Waals surface area contributed by atoms with Crippen LogP contribution in [0.2, 0.25) is 0 Å². The monoisotopic (exact) mass is 295 g/mol. The summed E-state index contributed by atoms with van der Waals surface area (Å²) in [7, 11) is 0. The molecule has 0 aliphatic carbocycles. The number of oxime groups is 1. The second kappa shape index (κ2) is 5.60. The van der Waals surface area contributed by atoms with Crippen LogP contribution in [-0.2, 0) is 9.63 Å². The number of hydrogen-bond acceptors (Lipinski definition) is 4. The van der Waals surface area contributed by atoms with Crippen molar-refractivity contribution in [1.29, 1.82) is 0 Å². The van der Waals surface area contributed by atoms with Crippen LogP contribution in [0.5, 0.6) is 0 Å². The van der Waals surface area contributed by atoms with Crippen LogP contribution in [0.3, 0.4) is 0 Å². The number of carbonyl (C=O) groups excluding carboxylic acids is 1. The molecule has 0 saturated carbocycles. The van der Waals surface area contributed by atoms with Crippen molar-refractivity contribution >= 4 is 17.4 Å². The summed E-state index contributed by atoms with van der Waals surface area (Å²) in [5.74, 6) is 0.267. The predicted molar refractivity (Wildman–Crippen MR) is 84.7 cm³/mol. The van der Waals surface area contributed by atoms with E-state index in [1.165, 1.54) is 0 Å². The van der Waals surface area contributed by atoms with E-state index in [9.17, 15) is 4.79 Å². The van der Waals surface area contributed by atoms with Gasteiger partial charge in [0.15, 0.2) is 0 Å². The van der Waals surface area contributed by atoms with Crippen molar-refractivity contribution in [1.82, 2.24) is 4.98 Å². The van der Waals surface area contributed by atoms with Crippen LogP contribution in [-0.4, -0.2) is 22.2 Å². The Hall–Kier alpha value is -2.69. The molecule has 3 rings (SSSR count). The van der Waals surface area contributed by atoms with Crippen molar-refractivity contribution in [3.05, 3.63) is 59.8 Å². The standard InChI is InChI=1S/C17H17N3O2/c1-12-8-9-18-15(10-12)19-16(21)17(2)11-14(20-22-17)13-6-4-3-5-7-13/h3-10H,11H2,1-2H3,(H,18,19,21)/t17-/m0/s1. The third-order valence-corrected chi connectivity index (χ3v) is 3.61. The minimum atomic E-state index is -1.02. The smallest absolute Gasteiger partial charge is 0.272 e. The van der Waals surface area contributed by atoms with Crippen molar-refractivity contribution < 1.29 is 9.63 Å². The highest BCUT2D eigenvalue weighted by atomic mass is 16.7. The quantitative estimate of drug-likeness (QED) is 0.947. The molecule has 5 heteroatoms. The number of rotatable bonds is 3. The average Bonchev–Trinajstić information content (AvgIpc) is 2.92. The summed E-state index contributed by atoms with van der Waals surface area (Å²) in [6.45, 7) is 3.68. The van der Waals surface area contributed by atoms with E-state index in [0.717, 1.165) is 16.8 Å². The van der Waals surface area contributed by atoms with Gasteiger partial charge in [-0.2, -0.15) is 0 Å². The molecule has 1 atom stereocenters. The molecule has 1 N–H and O–H groups in total. The number of aryl methyl sites for hydroxylation is 1. The van der Waals surface area contributed by atoms with Gasteiger partial charge in [-0.3, -0.25) is 4.79 Å². The van der Waals surface area contributed by atoms with Crippen LogP contribution < -0.4 is 5.32 Å². The Kier molecular flexibility index (Phi) is 3.63. The molecule has 22 heavy (non-hydrogen) atoms. The Morgan fingerprint density at radius 3 is 2.77 bits per heavy atom. The molecule has 0 radical (unpaired) electrons. The Balaban J connectivity index is 1.72. The fraction of sp³-hybridized carbons (Fsp3) is 0.235. The summed E-state index contributed by atoms with van der Waals surface area (Å²) < 4.78 is 0. The lowest BCUT2D eigenvalue weighted by atomic mass is 9.95. The zero-order valence-corrected chi connectivity index (χ0v) is 12.5. The van der Waals surface area contributed by atoms with Crippen LogP contribution in [0.15, 0.2) is 53.8 Å². The highest BCUT2D eigenvalue weighted by Gasteiger charge is 2.42. The van der Waals surface area contributed by atoms with E-state index in [-0.39, 0.29) is 5.91 Å². The van der Waals surface area contributed by atoms with Gasteiger partial charge in [-0.15, -0.1) is 0 Å². The first-order chi connectivity index (χ1) is 10.6. The molecule has 0 bridgehead atoms. The van der Waals surface area contributed by atoms with Crippen LogP contribution in [0.25, 0.3) is 0 Å². The molecular formula is C17H17N3O2. The summed E-state index contributed by atoms with van der Waals surface area (Å²) in [6.07, 6.45) is 2.09. The number of hydrogen-bond donors (Lipinski definition) is 1. The maximum atomic E-state index is 12.5. The van der Waals surface area contributed by atoms with Gasteiger partial charge in [0.2, 0.25) is 5.60 Å². The van der Waals surface area contributed by atoms with E-state index >= 15 is 0 Å². The molecule has 1 aliphatic rings. The molecule has 1 aromatic heterocycles. The van der Waals surface area contributed by atoms with Gasteiger partial charge >= 0.3 is 0 Å². The summed E-state index contributed by atoms with van der Waals surface area (Å²) in [5.41, 5.74) is 1.75. The first-order valence-corrected chi connectivity index (χ1v) is 7.11. The second-order valence-electron chi connectivity index (χ2n) is 5.58. The van der Waals surface area contributed by atoms with Crippen LogP contribution >= 0.6 is 0 Å². The number of aromatic nitrogens is 1. The molecular weight excluding hydrogens is 278 g/mol. The summed E-state index contributed by atoms with van der Waals surface area (Å²) in [4.78, 5) is 22.0. The van der Waals surface area contributed by atoms with E-state index in [2.05, 4.69) is 15.5 Å². The highest BCUT2D eigenvalue weighted by Crippen LogP contribution is 2.27. The zero-order valence-electron chi connectivity index (χ0n) is 12.5. The summed E-state index contributed by atoms with van der Waals surface area (Å²) in [5, 5.41) is 6.86. The predicted octanol–water partition coefficient (Wildman–Crippen LogP) is 2.91. The van der Waals surface area contributed by atoms with Gasteiger partial charge in [0.1, 0.15) is 5.82 Å². The Morgan fingerprint density at radius 1 is 1.27 bits per heavy atom. The molecule has 1 amide bonds. The molecule has 0 spiro atoms. The first kappa shape index (κ1) is 14.3. The van der Waals surface area contributed by atoms with Crippen molar-refractivity contribution in [3.63, 3.8) is 0 Å². The van der Waals surface area contributed by atoms with Crippen molar-refractivity contribution in [2.24, 2.45) is 5.16 Å². The molecule has 2 aromatic rings. The zero-order chi connectivity index (χ0) is 15.6. The number of anilines is 1. The van der Waals surface area contributed by atoms with E-state index in [0.29, 0.717) is 12.2 Å². The van der Waals surface area contributed by atoms with Crippen LogP contribution in [0.1, 0.15) is 24.5 Å². The molecule has 2 heterocycles.